The first-order valence-electron chi connectivity index (χ1n) is 5.62. The Morgan fingerprint density at radius 3 is 2.64 bits per heavy atom. The third kappa shape index (κ3) is 2.58. The zero-order valence-corrected chi connectivity index (χ0v) is 8.87. The van der Waals surface area contributed by atoms with Crippen molar-refractivity contribution in [1.29, 1.82) is 0 Å². The van der Waals surface area contributed by atoms with Crippen LogP contribution in [0.2, 0.25) is 0 Å². The van der Waals surface area contributed by atoms with E-state index in [1.165, 1.54) is 31.4 Å². The maximum atomic E-state index is 3.55. The number of nitrogens with one attached hydrogen (secondary N) is 1. The van der Waals surface area contributed by atoms with Crippen LogP contribution in [0.3, 0.4) is 0 Å². The van der Waals surface area contributed by atoms with E-state index in [0.717, 1.165) is 12.0 Å². The van der Waals surface area contributed by atoms with Crippen LogP contribution in [-0.2, 0) is 6.42 Å². The Balaban J connectivity index is 1.87. The van der Waals surface area contributed by atoms with Gasteiger partial charge in [0.2, 0.25) is 0 Å². The zero-order valence-electron chi connectivity index (χ0n) is 8.87. The van der Waals surface area contributed by atoms with Crippen molar-refractivity contribution in [3.05, 3.63) is 35.9 Å². The molecule has 2 atom stereocenters. The van der Waals surface area contributed by atoms with Crippen molar-refractivity contribution in [2.45, 2.75) is 32.2 Å². The normalized spacial score (nSPS) is 27.5. The summed E-state index contributed by atoms with van der Waals surface area (Å²) < 4.78 is 0. The van der Waals surface area contributed by atoms with Crippen LogP contribution in [0.5, 0.6) is 0 Å². The highest BCUT2D eigenvalue weighted by molar-refractivity contribution is 5.15. The van der Waals surface area contributed by atoms with Crippen LogP contribution in [0.15, 0.2) is 30.3 Å². The molecule has 14 heavy (non-hydrogen) atoms. The lowest BCUT2D eigenvalue weighted by atomic mass is 9.90. The Kier molecular flexibility index (Phi) is 3.20. The molecule has 1 heteroatoms. The van der Waals surface area contributed by atoms with E-state index in [2.05, 4.69) is 42.6 Å². The first-order chi connectivity index (χ1) is 6.84. The van der Waals surface area contributed by atoms with Crippen LogP contribution in [-0.4, -0.2) is 12.6 Å². The lowest BCUT2D eigenvalue weighted by Crippen LogP contribution is -2.37. The Hall–Kier alpha value is -0.820. The average Bonchev–Trinajstić information content (AvgIpc) is 2.23. The number of rotatable bonds is 2. The number of benzene rings is 1. The van der Waals surface area contributed by atoms with Crippen LogP contribution in [0.1, 0.15) is 25.3 Å². The van der Waals surface area contributed by atoms with Gasteiger partial charge >= 0.3 is 0 Å². The molecule has 0 radical (unpaired) electrons. The molecule has 2 rings (SSSR count). The van der Waals surface area contributed by atoms with E-state index in [-0.39, 0.29) is 0 Å². The summed E-state index contributed by atoms with van der Waals surface area (Å²) in [4.78, 5) is 0. The van der Waals surface area contributed by atoms with Gasteiger partial charge in [0.25, 0.3) is 0 Å². The first-order valence-corrected chi connectivity index (χ1v) is 5.62. The fourth-order valence-corrected chi connectivity index (χ4v) is 2.18. The predicted molar refractivity (Wildman–Crippen MR) is 60.3 cm³/mol. The fraction of sp³-hybridized carbons (Fsp3) is 0.538. The van der Waals surface area contributed by atoms with Crippen molar-refractivity contribution in [1.82, 2.24) is 5.32 Å². The van der Waals surface area contributed by atoms with Gasteiger partial charge in [0, 0.05) is 6.04 Å². The minimum Gasteiger partial charge on any atom is -0.314 e. The van der Waals surface area contributed by atoms with Crippen molar-refractivity contribution >= 4 is 0 Å². The van der Waals surface area contributed by atoms with Gasteiger partial charge in [-0.15, -0.1) is 0 Å². The SMILES string of the molecule is CC1CCC(Cc2ccccc2)CN1. The van der Waals surface area contributed by atoms with Crippen molar-refractivity contribution in [3.8, 4) is 0 Å². The van der Waals surface area contributed by atoms with Gasteiger partial charge in [-0.25, -0.2) is 0 Å². The Morgan fingerprint density at radius 1 is 1.21 bits per heavy atom. The quantitative estimate of drug-likeness (QED) is 0.754. The third-order valence-corrected chi connectivity index (χ3v) is 3.13. The highest BCUT2D eigenvalue weighted by Gasteiger charge is 2.17. The molecule has 2 unspecified atom stereocenters. The molecule has 0 aliphatic carbocycles. The van der Waals surface area contributed by atoms with Crippen LogP contribution in [0, 0.1) is 5.92 Å². The van der Waals surface area contributed by atoms with Crippen LogP contribution in [0.25, 0.3) is 0 Å². The van der Waals surface area contributed by atoms with Gasteiger partial charge in [0.1, 0.15) is 0 Å². The maximum Gasteiger partial charge on any atom is 0.00389 e. The van der Waals surface area contributed by atoms with E-state index in [1.54, 1.807) is 0 Å². The molecule has 0 amide bonds. The molecule has 1 aromatic carbocycles. The molecule has 76 valence electrons. The molecule has 0 aromatic heterocycles. The second-order valence-corrected chi connectivity index (χ2v) is 4.44. The average molecular weight is 189 g/mol. The molecule has 1 saturated heterocycles. The molecule has 1 aliphatic rings. The third-order valence-electron chi connectivity index (χ3n) is 3.13. The molecule has 1 nitrogen and oxygen atoms in total. The summed E-state index contributed by atoms with van der Waals surface area (Å²) >= 11 is 0. The molecule has 0 bridgehead atoms. The summed E-state index contributed by atoms with van der Waals surface area (Å²) in [5.74, 6) is 0.841. The standard InChI is InChI=1S/C13H19N/c1-11-7-8-13(10-14-11)9-12-5-3-2-4-6-12/h2-6,11,13-14H,7-10H2,1H3. The molecule has 1 aliphatic heterocycles. The van der Waals surface area contributed by atoms with E-state index in [0.29, 0.717) is 0 Å². The van der Waals surface area contributed by atoms with Gasteiger partial charge in [-0.05, 0) is 44.2 Å². The molecule has 1 fully saturated rings. The predicted octanol–water partition coefficient (Wildman–Crippen LogP) is 2.62. The Labute approximate surface area is 86.5 Å². The summed E-state index contributed by atoms with van der Waals surface area (Å²) in [7, 11) is 0. The monoisotopic (exact) mass is 189 g/mol. The van der Waals surface area contributed by atoms with Gasteiger partial charge in [-0.2, -0.15) is 0 Å². The Bertz CT molecular complexity index is 260. The zero-order chi connectivity index (χ0) is 9.80. The summed E-state index contributed by atoms with van der Waals surface area (Å²) in [6.07, 6.45) is 3.95. The minimum absolute atomic E-state index is 0.724. The van der Waals surface area contributed by atoms with Gasteiger partial charge in [-0.1, -0.05) is 30.3 Å². The molecule has 0 spiro atoms. The van der Waals surface area contributed by atoms with Crippen molar-refractivity contribution < 1.29 is 0 Å². The van der Waals surface area contributed by atoms with E-state index >= 15 is 0 Å². The lowest BCUT2D eigenvalue weighted by molar-refractivity contribution is 0.322. The number of hydrogen-bond acceptors (Lipinski definition) is 1. The van der Waals surface area contributed by atoms with Gasteiger partial charge in [0.15, 0.2) is 0 Å². The highest BCUT2D eigenvalue weighted by Crippen LogP contribution is 2.18. The summed E-state index contributed by atoms with van der Waals surface area (Å²) in [6, 6.07) is 11.5. The van der Waals surface area contributed by atoms with Crippen LogP contribution < -0.4 is 5.32 Å². The lowest BCUT2D eigenvalue weighted by Gasteiger charge is -2.27. The summed E-state index contributed by atoms with van der Waals surface area (Å²) in [6.45, 7) is 3.47. The highest BCUT2D eigenvalue weighted by atomic mass is 14.9. The number of piperidine rings is 1. The smallest absolute Gasteiger partial charge is 0.00389 e. The van der Waals surface area contributed by atoms with Crippen LogP contribution in [0.4, 0.5) is 0 Å². The first kappa shape index (κ1) is 9.72. The fourth-order valence-electron chi connectivity index (χ4n) is 2.18. The molecule has 1 N–H and O–H groups in total. The van der Waals surface area contributed by atoms with Gasteiger partial charge in [-0.3, -0.25) is 0 Å². The molecular formula is C13H19N. The molecule has 1 aromatic rings. The number of hydrogen-bond donors (Lipinski definition) is 1. The van der Waals surface area contributed by atoms with Crippen LogP contribution >= 0.6 is 0 Å². The molecule has 0 saturated carbocycles. The summed E-state index contributed by atoms with van der Waals surface area (Å²) in [5.41, 5.74) is 1.48. The van der Waals surface area contributed by atoms with E-state index in [4.69, 9.17) is 0 Å². The topological polar surface area (TPSA) is 12.0 Å². The van der Waals surface area contributed by atoms with Crippen molar-refractivity contribution in [2.24, 2.45) is 5.92 Å². The molecule has 1 heterocycles. The van der Waals surface area contributed by atoms with E-state index < -0.39 is 0 Å². The van der Waals surface area contributed by atoms with Crippen molar-refractivity contribution in [3.63, 3.8) is 0 Å². The largest absolute Gasteiger partial charge is 0.314 e. The Morgan fingerprint density at radius 2 is 2.00 bits per heavy atom. The second-order valence-electron chi connectivity index (χ2n) is 4.44. The van der Waals surface area contributed by atoms with Gasteiger partial charge in [0.05, 0.1) is 0 Å². The van der Waals surface area contributed by atoms with E-state index in [1.807, 2.05) is 0 Å². The minimum atomic E-state index is 0.724. The van der Waals surface area contributed by atoms with Crippen molar-refractivity contribution in [2.75, 3.05) is 6.54 Å². The molecular weight excluding hydrogens is 170 g/mol. The second kappa shape index (κ2) is 4.61. The summed E-state index contributed by atoms with van der Waals surface area (Å²) in [5, 5.41) is 3.55. The van der Waals surface area contributed by atoms with E-state index in [9.17, 15) is 0 Å². The van der Waals surface area contributed by atoms with Gasteiger partial charge < -0.3 is 5.32 Å². The maximum absolute atomic E-state index is 3.55.